The van der Waals surface area contributed by atoms with Gasteiger partial charge < -0.3 is 15.0 Å². The average Bonchev–Trinajstić information content (AvgIpc) is 3.35. The maximum absolute atomic E-state index is 13.7. The Morgan fingerprint density at radius 1 is 1.33 bits per heavy atom. The first kappa shape index (κ1) is 21.0. The predicted molar refractivity (Wildman–Crippen MR) is 118 cm³/mol. The molecule has 1 saturated carbocycles. The van der Waals surface area contributed by atoms with E-state index in [0.29, 0.717) is 23.8 Å². The van der Waals surface area contributed by atoms with Crippen molar-refractivity contribution in [3.05, 3.63) is 46.0 Å². The first-order valence-corrected chi connectivity index (χ1v) is 11.5. The second-order valence-electron chi connectivity index (χ2n) is 8.15. The lowest BCUT2D eigenvalue weighted by molar-refractivity contribution is -0.121. The summed E-state index contributed by atoms with van der Waals surface area (Å²) in [5, 5.41) is 3.73. The number of fused-ring (bicyclic) bond motifs is 1. The number of ether oxygens (including phenoxy) is 1. The van der Waals surface area contributed by atoms with Crippen LogP contribution in [-0.4, -0.2) is 47.5 Å². The molecule has 6 nitrogen and oxygen atoms in total. The van der Waals surface area contributed by atoms with Gasteiger partial charge in [-0.1, -0.05) is 38.0 Å². The first-order chi connectivity index (χ1) is 14.5. The molecule has 1 aromatic heterocycles. The molecule has 4 rings (SSSR count). The molecule has 30 heavy (non-hydrogen) atoms. The third-order valence-electron chi connectivity index (χ3n) is 6.53. The van der Waals surface area contributed by atoms with Gasteiger partial charge in [-0.15, -0.1) is 11.3 Å². The summed E-state index contributed by atoms with van der Waals surface area (Å²) >= 11 is 1.52. The van der Waals surface area contributed by atoms with Crippen LogP contribution in [0.3, 0.4) is 0 Å². The molecule has 0 radical (unpaired) electrons. The number of aryl methyl sites for hydroxylation is 2. The minimum Gasteiger partial charge on any atom is -0.383 e. The van der Waals surface area contributed by atoms with Gasteiger partial charge in [-0.25, -0.2) is 4.98 Å². The van der Waals surface area contributed by atoms with Crippen molar-refractivity contribution in [1.29, 1.82) is 0 Å². The van der Waals surface area contributed by atoms with Gasteiger partial charge in [-0.05, 0) is 37.8 Å². The Bertz CT molecular complexity index is 949. The SMILES string of the molecule is CCc1nc(NC(=O)[C@@H]2c3ccccc3C(=O)N(CCOC)C23CCCC3)sc1C. The number of anilines is 1. The molecule has 160 valence electrons. The summed E-state index contributed by atoms with van der Waals surface area (Å²) < 4.78 is 5.30. The number of nitrogens with one attached hydrogen (secondary N) is 1. The number of amides is 2. The van der Waals surface area contributed by atoms with Crippen molar-refractivity contribution in [3.8, 4) is 0 Å². The Morgan fingerprint density at radius 3 is 2.73 bits per heavy atom. The van der Waals surface area contributed by atoms with Crippen LogP contribution in [0.5, 0.6) is 0 Å². The average molecular weight is 428 g/mol. The van der Waals surface area contributed by atoms with E-state index in [1.807, 2.05) is 36.1 Å². The second-order valence-corrected chi connectivity index (χ2v) is 9.35. The molecule has 2 aromatic rings. The fourth-order valence-corrected chi connectivity index (χ4v) is 6.07. The predicted octanol–water partition coefficient (Wildman–Crippen LogP) is 4.15. The number of nitrogens with zero attached hydrogens (tertiary/aromatic N) is 2. The zero-order chi connectivity index (χ0) is 21.3. The second kappa shape index (κ2) is 8.47. The lowest BCUT2D eigenvalue weighted by Gasteiger charge is -2.50. The number of hydrogen-bond acceptors (Lipinski definition) is 5. The van der Waals surface area contributed by atoms with Gasteiger partial charge in [-0.2, -0.15) is 0 Å². The van der Waals surface area contributed by atoms with E-state index in [2.05, 4.69) is 17.2 Å². The highest BCUT2D eigenvalue weighted by Crippen LogP contribution is 2.50. The zero-order valence-corrected chi connectivity index (χ0v) is 18.7. The third kappa shape index (κ3) is 3.44. The van der Waals surface area contributed by atoms with Crippen LogP contribution in [0.2, 0.25) is 0 Å². The summed E-state index contributed by atoms with van der Waals surface area (Å²) in [5.74, 6) is -0.484. The van der Waals surface area contributed by atoms with E-state index in [0.717, 1.165) is 48.2 Å². The van der Waals surface area contributed by atoms with Gasteiger partial charge in [0.25, 0.3) is 5.91 Å². The smallest absolute Gasteiger partial charge is 0.254 e. The fraction of sp³-hybridized carbons (Fsp3) is 0.522. The molecular weight excluding hydrogens is 398 g/mol. The van der Waals surface area contributed by atoms with E-state index in [1.54, 1.807) is 7.11 Å². The molecule has 2 heterocycles. The summed E-state index contributed by atoms with van der Waals surface area (Å²) in [6, 6.07) is 7.56. The Morgan fingerprint density at radius 2 is 2.07 bits per heavy atom. The molecule has 1 N–H and O–H groups in total. The summed E-state index contributed by atoms with van der Waals surface area (Å²) in [6.45, 7) is 5.04. The minimum atomic E-state index is -0.506. The van der Waals surface area contributed by atoms with Gasteiger partial charge in [0.2, 0.25) is 5.91 Å². The van der Waals surface area contributed by atoms with Gasteiger partial charge in [0, 0.05) is 24.1 Å². The standard InChI is InChI=1S/C23H29N3O3S/c1-4-18-15(2)30-22(24-18)25-20(27)19-16-9-5-6-10-17(16)21(28)26(13-14-29-3)23(19)11-7-8-12-23/h5-6,9-10,19H,4,7-8,11-14H2,1-3H3,(H,24,25,27)/t19-/m0/s1. The van der Waals surface area contributed by atoms with Crippen LogP contribution in [0.15, 0.2) is 24.3 Å². The molecular formula is C23H29N3O3S. The van der Waals surface area contributed by atoms with Crippen LogP contribution in [-0.2, 0) is 16.0 Å². The van der Waals surface area contributed by atoms with Gasteiger partial charge >= 0.3 is 0 Å². The van der Waals surface area contributed by atoms with Crippen molar-refractivity contribution in [2.24, 2.45) is 0 Å². The number of hydrogen-bond donors (Lipinski definition) is 1. The normalized spacial score (nSPS) is 19.9. The molecule has 2 aliphatic rings. The molecule has 1 fully saturated rings. The molecule has 1 aromatic carbocycles. The number of carbonyl (C=O) groups is 2. The number of benzene rings is 1. The maximum Gasteiger partial charge on any atom is 0.254 e. The van der Waals surface area contributed by atoms with Crippen molar-refractivity contribution in [2.75, 3.05) is 25.6 Å². The summed E-state index contributed by atoms with van der Waals surface area (Å²) in [6.07, 6.45) is 4.52. The van der Waals surface area contributed by atoms with Crippen LogP contribution >= 0.6 is 11.3 Å². The maximum atomic E-state index is 13.7. The monoisotopic (exact) mass is 427 g/mol. The highest BCUT2D eigenvalue weighted by atomic mass is 32.1. The van der Waals surface area contributed by atoms with Crippen LogP contribution < -0.4 is 5.32 Å². The molecule has 1 aliphatic carbocycles. The fourth-order valence-electron chi connectivity index (χ4n) is 5.16. The van der Waals surface area contributed by atoms with Gasteiger partial charge in [0.1, 0.15) is 0 Å². The molecule has 1 spiro atoms. The number of methoxy groups -OCH3 is 1. The molecule has 1 atom stereocenters. The van der Waals surface area contributed by atoms with Gasteiger partial charge in [0.05, 0.1) is 23.8 Å². The lowest BCUT2D eigenvalue weighted by Crippen LogP contribution is -2.60. The summed E-state index contributed by atoms with van der Waals surface area (Å²) in [5.41, 5.74) is 1.97. The Labute approximate surface area is 181 Å². The van der Waals surface area contributed by atoms with E-state index in [4.69, 9.17) is 4.74 Å². The van der Waals surface area contributed by atoms with E-state index in [-0.39, 0.29) is 11.8 Å². The molecule has 7 heteroatoms. The van der Waals surface area contributed by atoms with Crippen molar-refractivity contribution < 1.29 is 14.3 Å². The number of rotatable bonds is 6. The Kier molecular flexibility index (Phi) is 5.93. The number of aromatic nitrogens is 1. The highest BCUT2D eigenvalue weighted by molar-refractivity contribution is 7.15. The Balaban J connectivity index is 1.76. The lowest BCUT2D eigenvalue weighted by atomic mass is 9.71. The third-order valence-corrected chi connectivity index (χ3v) is 7.46. The minimum absolute atomic E-state index is 0.00645. The van der Waals surface area contributed by atoms with Crippen LogP contribution in [0.4, 0.5) is 5.13 Å². The van der Waals surface area contributed by atoms with Crippen molar-refractivity contribution in [3.63, 3.8) is 0 Å². The van der Waals surface area contributed by atoms with Gasteiger partial charge in [0.15, 0.2) is 5.13 Å². The van der Waals surface area contributed by atoms with E-state index < -0.39 is 11.5 Å². The zero-order valence-electron chi connectivity index (χ0n) is 17.9. The quantitative estimate of drug-likeness (QED) is 0.752. The summed E-state index contributed by atoms with van der Waals surface area (Å²) in [4.78, 5) is 34.8. The van der Waals surface area contributed by atoms with Crippen molar-refractivity contribution in [1.82, 2.24) is 9.88 Å². The van der Waals surface area contributed by atoms with E-state index >= 15 is 0 Å². The topological polar surface area (TPSA) is 71.5 Å². The molecule has 2 amide bonds. The molecule has 0 saturated heterocycles. The van der Waals surface area contributed by atoms with Crippen LogP contribution in [0.1, 0.15) is 65.0 Å². The van der Waals surface area contributed by atoms with Crippen LogP contribution in [0, 0.1) is 6.92 Å². The van der Waals surface area contributed by atoms with E-state index in [9.17, 15) is 9.59 Å². The van der Waals surface area contributed by atoms with Gasteiger partial charge in [-0.3, -0.25) is 9.59 Å². The molecule has 1 aliphatic heterocycles. The highest BCUT2D eigenvalue weighted by Gasteiger charge is 2.55. The van der Waals surface area contributed by atoms with Crippen molar-refractivity contribution in [2.45, 2.75) is 57.4 Å². The summed E-state index contributed by atoms with van der Waals surface area (Å²) in [7, 11) is 1.64. The first-order valence-electron chi connectivity index (χ1n) is 10.7. The molecule has 0 bridgehead atoms. The number of carbonyl (C=O) groups excluding carboxylic acids is 2. The molecule has 0 unspecified atom stereocenters. The van der Waals surface area contributed by atoms with Crippen LogP contribution in [0.25, 0.3) is 0 Å². The van der Waals surface area contributed by atoms with E-state index in [1.165, 1.54) is 11.3 Å². The Hall–Kier alpha value is -2.25. The largest absolute Gasteiger partial charge is 0.383 e. The van der Waals surface area contributed by atoms with Crippen molar-refractivity contribution >= 4 is 28.3 Å². The number of thiazole rings is 1.